The molecule has 3 nitrogen and oxygen atoms in total. The summed E-state index contributed by atoms with van der Waals surface area (Å²) in [5.74, 6) is 0.866. The largest absolute Gasteiger partial charge is 0.497 e. The van der Waals surface area contributed by atoms with Crippen LogP contribution in [0.5, 0.6) is 5.75 Å². The van der Waals surface area contributed by atoms with E-state index >= 15 is 0 Å². The second-order valence-corrected chi connectivity index (χ2v) is 6.52. The molecule has 0 fully saturated rings. The number of hydrogen-bond donors (Lipinski definition) is 0. The van der Waals surface area contributed by atoms with Crippen LogP contribution in [0.2, 0.25) is 0 Å². The molecule has 2 aromatic carbocycles. The third-order valence-corrected chi connectivity index (χ3v) is 4.50. The summed E-state index contributed by atoms with van der Waals surface area (Å²) >= 11 is 3.57. The molecular formula is C18H20BrNO2. The molecule has 0 radical (unpaired) electrons. The summed E-state index contributed by atoms with van der Waals surface area (Å²) in [6.45, 7) is 2.59. The minimum Gasteiger partial charge on any atom is -0.497 e. The van der Waals surface area contributed by atoms with E-state index in [1.54, 1.807) is 7.11 Å². The van der Waals surface area contributed by atoms with E-state index in [1.807, 2.05) is 12.1 Å². The number of ether oxygens (including phenoxy) is 2. The molecule has 0 spiro atoms. The summed E-state index contributed by atoms with van der Waals surface area (Å²) in [7, 11) is 3.81. The van der Waals surface area contributed by atoms with Gasteiger partial charge < -0.3 is 9.47 Å². The summed E-state index contributed by atoms with van der Waals surface area (Å²) in [6, 6.07) is 14.6. The van der Waals surface area contributed by atoms with E-state index in [4.69, 9.17) is 9.47 Å². The first-order chi connectivity index (χ1) is 10.7. The summed E-state index contributed by atoms with van der Waals surface area (Å²) in [4.78, 5) is 2.29. The van der Waals surface area contributed by atoms with Crippen LogP contribution in [0, 0.1) is 0 Å². The molecule has 0 bridgehead atoms. The number of hydrogen-bond acceptors (Lipinski definition) is 3. The fourth-order valence-electron chi connectivity index (χ4n) is 2.81. The van der Waals surface area contributed by atoms with Crippen LogP contribution in [0.15, 0.2) is 46.9 Å². The van der Waals surface area contributed by atoms with Gasteiger partial charge in [0.1, 0.15) is 11.9 Å². The Balaban J connectivity index is 2.01. The van der Waals surface area contributed by atoms with E-state index in [9.17, 15) is 0 Å². The smallest absolute Gasteiger partial charge is 0.118 e. The van der Waals surface area contributed by atoms with Crippen LogP contribution < -0.4 is 4.74 Å². The summed E-state index contributed by atoms with van der Waals surface area (Å²) in [5, 5.41) is 0. The first-order valence-electron chi connectivity index (χ1n) is 7.40. The maximum Gasteiger partial charge on any atom is 0.118 e. The van der Waals surface area contributed by atoms with Gasteiger partial charge >= 0.3 is 0 Å². The molecule has 0 saturated carbocycles. The Kier molecular flexibility index (Phi) is 4.81. The molecule has 4 heteroatoms. The lowest BCUT2D eigenvalue weighted by Crippen LogP contribution is -2.27. The van der Waals surface area contributed by atoms with E-state index in [0.29, 0.717) is 0 Å². The van der Waals surface area contributed by atoms with Crippen molar-refractivity contribution >= 4 is 15.9 Å². The molecule has 0 saturated heterocycles. The number of methoxy groups -OCH3 is 1. The van der Waals surface area contributed by atoms with Crippen molar-refractivity contribution in [3.05, 3.63) is 63.6 Å². The highest BCUT2D eigenvalue weighted by Gasteiger charge is 2.21. The minimum absolute atomic E-state index is 0.0253. The van der Waals surface area contributed by atoms with Gasteiger partial charge in [0.05, 0.1) is 13.7 Å². The minimum atomic E-state index is -0.0253. The number of fused-ring (bicyclic) bond motifs is 1. The second kappa shape index (κ2) is 6.82. The Bertz CT molecular complexity index is 642. The molecule has 1 aliphatic heterocycles. The Morgan fingerprint density at radius 2 is 1.95 bits per heavy atom. The lowest BCUT2D eigenvalue weighted by molar-refractivity contribution is 0.0553. The Hall–Kier alpha value is -1.36. The maximum atomic E-state index is 6.18. The van der Waals surface area contributed by atoms with Crippen molar-refractivity contribution < 1.29 is 9.47 Å². The number of nitrogens with zero attached hydrogens (tertiary/aromatic N) is 1. The molecule has 0 aromatic heterocycles. The van der Waals surface area contributed by atoms with Crippen LogP contribution in [0.3, 0.4) is 0 Å². The summed E-state index contributed by atoms with van der Waals surface area (Å²) in [6.07, 6.45) is -0.0253. The van der Waals surface area contributed by atoms with Crippen molar-refractivity contribution in [1.29, 1.82) is 0 Å². The lowest BCUT2D eigenvalue weighted by Gasteiger charge is -2.28. The van der Waals surface area contributed by atoms with Gasteiger partial charge in [-0.1, -0.05) is 34.1 Å². The zero-order valence-corrected chi connectivity index (χ0v) is 14.5. The highest BCUT2D eigenvalue weighted by Crippen LogP contribution is 2.33. The number of likely N-dealkylation sites (N-methyl/N-ethyl adjacent to an activating group) is 1. The zero-order chi connectivity index (χ0) is 15.5. The van der Waals surface area contributed by atoms with Gasteiger partial charge in [0.2, 0.25) is 0 Å². The SMILES string of the molecule is COc1ccc(C2OCCN(C)Cc3cc(Br)ccc32)cc1. The monoisotopic (exact) mass is 361 g/mol. The first kappa shape index (κ1) is 15.5. The van der Waals surface area contributed by atoms with E-state index in [0.717, 1.165) is 35.5 Å². The maximum absolute atomic E-state index is 6.18. The van der Waals surface area contributed by atoms with Crippen molar-refractivity contribution in [3.8, 4) is 5.75 Å². The van der Waals surface area contributed by atoms with Gasteiger partial charge in [-0.05, 0) is 48.0 Å². The molecule has 0 amide bonds. The molecule has 3 rings (SSSR count). The second-order valence-electron chi connectivity index (χ2n) is 5.60. The lowest BCUT2D eigenvalue weighted by atomic mass is 9.95. The molecule has 2 aromatic rings. The van der Waals surface area contributed by atoms with E-state index in [1.165, 1.54) is 11.1 Å². The van der Waals surface area contributed by atoms with Crippen molar-refractivity contribution in [3.63, 3.8) is 0 Å². The van der Waals surface area contributed by atoms with E-state index in [-0.39, 0.29) is 6.10 Å². The van der Waals surface area contributed by atoms with Crippen molar-refractivity contribution in [2.75, 3.05) is 27.3 Å². The topological polar surface area (TPSA) is 21.7 Å². The molecule has 0 aliphatic carbocycles. The van der Waals surface area contributed by atoms with Crippen LogP contribution >= 0.6 is 15.9 Å². The predicted molar refractivity (Wildman–Crippen MR) is 91.3 cm³/mol. The first-order valence-corrected chi connectivity index (χ1v) is 8.19. The van der Waals surface area contributed by atoms with Gasteiger partial charge in [0.15, 0.2) is 0 Å². The molecule has 116 valence electrons. The molecule has 1 unspecified atom stereocenters. The van der Waals surface area contributed by atoms with Gasteiger partial charge in [-0.3, -0.25) is 4.90 Å². The van der Waals surface area contributed by atoms with Gasteiger partial charge in [-0.2, -0.15) is 0 Å². The molecule has 1 aliphatic rings. The van der Waals surface area contributed by atoms with Gasteiger partial charge in [-0.25, -0.2) is 0 Å². The zero-order valence-electron chi connectivity index (χ0n) is 12.9. The Labute approximate surface area is 140 Å². The molecule has 0 N–H and O–H groups in total. The fourth-order valence-corrected chi connectivity index (χ4v) is 3.22. The molecule has 1 atom stereocenters. The molecule has 1 heterocycles. The standard InChI is InChI=1S/C18H20BrNO2/c1-20-9-10-22-18(13-3-6-16(21-2)7-4-13)17-8-5-15(19)11-14(17)12-20/h3-8,11,18H,9-10,12H2,1-2H3. The van der Waals surface area contributed by atoms with E-state index < -0.39 is 0 Å². The van der Waals surface area contributed by atoms with E-state index in [2.05, 4.69) is 58.2 Å². The summed E-state index contributed by atoms with van der Waals surface area (Å²) in [5.41, 5.74) is 3.70. The third kappa shape index (κ3) is 3.35. The molecular weight excluding hydrogens is 342 g/mol. The van der Waals surface area contributed by atoms with Crippen LogP contribution in [0.25, 0.3) is 0 Å². The number of benzene rings is 2. The number of halogens is 1. The van der Waals surface area contributed by atoms with Crippen LogP contribution in [-0.4, -0.2) is 32.2 Å². The van der Waals surface area contributed by atoms with Crippen molar-refractivity contribution in [2.45, 2.75) is 12.6 Å². The average Bonchev–Trinajstić information content (AvgIpc) is 2.51. The van der Waals surface area contributed by atoms with Gasteiger partial charge in [0.25, 0.3) is 0 Å². The third-order valence-electron chi connectivity index (χ3n) is 4.00. The normalized spacial score (nSPS) is 19.1. The van der Waals surface area contributed by atoms with Crippen LogP contribution in [0.1, 0.15) is 22.8 Å². The number of rotatable bonds is 2. The summed E-state index contributed by atoms with van der Waals surface area (Å²) < 4.78 is 12.5. The quantitative estimate of drug-likeness (QED) is 0.806. The Morgan fingerprint density at radius 1 is 1.18 bits per heavy atom. The van der Waals surface area contributed by atoms with Crippen LogP contribution in [-0.2, 0) is 11.3 Å². The van der Waals surface area contributed by atoms with Crippen molar-refractivity contribution in [2.24, 2.45) is 0 Å². The Morgan fingerprint density at radius 3 is 2.68 bits per heavy atom. The highest BCUT2D eigenvalue weighted by atomic mass is 79.9. The predicted octanol–water partition coefficient (Wildman–Crippen LogP) is 4.01. The van der Waals surface area contributed by atoms with Crippen LogP contribution in [0.4, 0.5) is 0 Å². The average molecular weight is 362 g/mol. The van der Waals surface area contributed by atoms with Gasteiger partial charge in [-0.15, -0.1) is 0 Å². The van der Waals surface area contributed by atoms with Gasteiger partial charge in [0, 0.05) is 17.6 Å². The van der Waals surface area contributed by atoms with Crippen molar-refractivity contribution in [1.82, 2.24) is 4.90 Å². The molecule has 22 heavy (non-hydrogen) atoms. The highest BCUT2D eigenvalue weighted by molar-refractivity contribution is 9.10. The fraction of sp³-hybridized carbons (Fsp3) is 0.333.